The Morgan fingerprint density at radius 1 is 1.69 bits per heavy atom. The van der Waals surface area contributed by atoms with Crippen LogP contribution in [0, 0.1) is 6.92 Å². The number of aryl methyl sites for hydroxylation is 1. The topological polar surface area (TPSA) is 39.2 Å². The van der Waals surface area contributed by atoms with E-state index >= 15 is 0 Å². The standard InChI is InChI=1S/C8H7BrClNO2/c1-4-7(10)5(9)3-6(11-4)8(12)13-2/h3H,1-2H3. The van der Waals surface area contributed by atoms with Gasteiger partial charge in [-0.3, -0.25) is 0 Å². The minimum Gasteiger partial charge on any atom is -0.464 e. The van der Waals surface area contributed by atoms with E-state index in [-0.39, 0.29) is 5.69 Å². The van der Waals surface area contributed by atoms with Crippen molar-refractivity contribution in [3.63, 3.8) is 0 Å². The van der Waals surface area contributed by atoms with Crippen LogP contribution in [0.4, 0.5) is 0 Å². The van der Waals surface area contributed by atoms with Gasteiger partial charge in [0.25, 0.3) is 0 Å². The SMILES string of the molecule is COC(=O)c1cc(Br)c(Cl)c(C)n1. The average molecular weight is 265 g/mol. The Kier molecular flexibility index (Phi) is 3.27. The molecule has 0 unspecified atom stereocenters. The maximum atomic E-state index is 11.1. The molecule has 0 aliphatic rings. The highest BCUT2D eigenvalue weighted by atomic mass is 79.9. The van der Waals surface area contributed by atoms with Gasteiger partial charge in [-0.25, -0.2) is 9.78 Å². The Morgan fingerprint density at radius 3 is 2.77 bits per heavy atom. The minimum atomic E-state index is -0.472. The number of aromatic nitrogens is 1. The van der Waals surface area contributed by atoms with Crippen molar-refractivity contribution in [3.05, 3.63) is 26.9 Å². The van der Waals surface area contributed by atoms with Crippen LogP contribution in [0.2, 0.25) is 5.02 Å². The molecule has 1 rings (SSSR count). The number of pyridine rings is 1. The molecule has 0 aromatic carbocycles. The number of rotatable bonds is 1. The molecular weight excluding hydrogens is 257 g/mol. The van der Waals surface area contributed by atoms with Crippen LogP contribution in [0.5, 0.6) is 0 Å². The third-order valence-corrected chi connectivity index (χ3v) is 2.80. The van der Waals surface area contributed by atoms with E-state index in [9.17, 15) is 4.79 Å². The van der Waals surface area contributed by atoms with Crippen LogP contribution < -0.4 is 0 Å². The van der Waals surface area contributed by atoms with Crippen molar-refractivity contribution in [1.29, 1.82) is 0 Å². The predicted molar refractivity (Wildman–Crippen MR) is 53.0 cm³/mol. The molecule has 5 heteroatoms. The Balaban J connectivity index is 3.20. The van der Waals surface area contributed by atoms with Gasteiger partial charge in [-0.1, -0.05) is 11.6 Å². The van der Waals surface area contributed by atoms with E-state index in [1.807, 2.05) is 0 Å². The second kappa shape index (κ2) is 4.07. The van der Waals surface area contributed by atoms with E-state index in [4.69, 9.17) is 11.6 Å². The summed E-state index contributed by atoms with van der Waals surface area (Å²) in [7, 11) is 1.31. The number of ether oxygens (including phenoxy) is 1. The molecule has 0 atom stereocenters. The minimum absolute atomic E-state index is 0.247. The van der Waals surface area contributed by atoms with E-state index in [2.05, 4.69) is 25.7 Å². The lowest BCUT2D eigenvalue weighted by Crippen LogP contribution is -2.05. The number of methoxy groups -OCH3 is 1. The number of carbonyl (C=O) groups is 1. The molecule has 0 amide bonds. The Morgan fingerprint density at radius 2 is 2.31 bits per heavy atom. The molecular formula is C8H7BrClNO2. The molecule has 70 valence electrons. The zero-order valence-electron chi connectivity index (χ0n) is 7.10. The Hall–Kier alpha value is -0.610. The van der Waals surface area contributed by atoms with Crippen LogP contribution in [-0.2, 0) is 4.74 Å². The summed E-state index contributed by atoms with van der Waals surface area (Å²) in [6.45, 7) is 1.72. The van der Waals surface area contributed by atoms with E-state index in [0.717, 1.165) is 0 Å². The molecule has 0 aliphatic carbocycles. The van der Waals surface area contributed by atoms with Crippen molar-refractivity contribution < 1.29 is 9.53 Å². The second-order valence-electron chi connectivity index (χ2n) is 2.38. The molecule has 0 bridgehead atoms. The maximum Gasteiger partial charge on any atom is 0.356 e. The first-order valence-electron chi connectivity index (χ1n) is 3.47. The molecule has 0 saturated carbocycles. The van der Waals surface area contributed by atoms with Crippen molar-refractivity contribution in [2.45, 2.75) is 6.92 Å². The normalized spacial score (nSPS) is 9.85. The summed E-state index contributed by atoms with van der Waals surface area (Å²) in [6, 6.07) is 1.53. The highest BCUT2D eigenvalue weighted by Crippen LogP contribution is 2.25. The Bertz CT molecular complexity index is 331. The molecule has 1 aromatic rings. The number of hydrogen-bond acceptors (Lipinski definition) is 3. The van der Waals surface area contributed by atoms with Gasteiger partial charge in [-0.15, -0.1) is 0 Å². The Labute approximate surface area is 89.2 Å². The van der Waals surface area contributed by atoms with Crippen LogP contribution in [0.25, 0.3) is 0 Å². The fraction of sp³-hybridized carbons (Fsp3) is 0.250. The van der Waals surface area contributed by atoms with Crippen molar-refractivity contribution in [3.8, 4) is 0 Å². The molecule has 0 N–H and O–H groups in total. The molecule has 1 aromatic heterocycles. The third kappa shape index (κ3) is 2.19. The first-order valence-corrected chi connectivity index (χ1v) is 4.64. The van der Waals surface area contributed by atoms with Gasteiger partial charge < -0.3 is 4.74 Å². The summed E-state index contributed by atoms with van der Waals surface area (Å²) in [5, 5.41) is 0.507. The number of esters is 1. The molecule has 13 heavy (non-hydrogen) atoms. The van der Waals surface area contributed by atoms with Crippen molar-refractivity contribution in [2.75, 3.05) is 7.11 Å². The highest BCUT2D eigenvalue weighted by molar-refractivity contribution is 9.10. The van der Waals surface area contributed by atoms with Gasteiger partial charge in [0.05, 0.1) is 17.8 Å². The van der Waals surface area contributed by atoms with Gasteiger partial charge in [0.15, 0.2) is 0 Å². The first-order chi connectivity index (χ1) is 6.06. The van der Waals surface area contributed by atoms with Crippen LogP contribution in [0.15, 0.2) is 10.5 Å². The summed E-state index contributed by atoms with van der Waals surface area (Å²) in [5.74, 6) is -0.472. The lowest BCUT2D eigenvalue weighted by molar-refractivity contribution is 0.0593. The molecule has 0 aliphatic heterocycles. The predicted octanol–water partition coefficient (Wildman–Crippen LogP) is 2.59. The van der Waals surface area contributed by atoms with Crippen LogP contribution in [-0.4, -0.2) is 18.1 Å². The van der Waals surface area contributed by atoms with Crippen LogP contribution >= 0.6 is 27.5 Å². The van der Waals surface area contributed by atoms with Gasteiger partial charge in [-0.05, 0) is 28.9 Å². The van der Waals surface area contributed by atoms with Gasteiger partial charge in [0.1, 0.15) is 5.69 Å². The average Bonchev–Trinajstić information content (AvgIpc) is 2.12. The molecule has 1 heterocycles. The van der Waals surface area contributed by atoms with Gasteiger partial charge in [0, 0.05) is 4.47 Å². The molecule has 3 nitrogen and oxygen atoms in total. The van der Waals surface area contributed by atoms with Gasteiger partial charge >= 0.3 is 5.97 Å². The van der Waals surface area contributed by atoms with E-state index in [0.29, 0.717) is 15.2 Å². The molecule has 0 radical (unpaired) electrons. The largest absolute Gasteiger partial charge is 0.464 e. The fourth-order valence-corrected chi connectivity index (χ4v) is 1.43. The number of carbonyl (C=O) groups excluding carboxylic acids is 1. The van der Waals surface area contributed by atoms with Crippen molar-refractivity contribution in [1.82, 2.24) is 4.98 Å². The number of nitrogens with zero attached hydrogens (tertiary/aromatic N) is 1. The lowest BCUT2D eigenvalue weighted by Gasteiger charge is -2.03. The highest BCUT2D eigenvalue weighted by Gasteiger charge is 2.11. The number of hydrogen-bond donors (Lipinski definition) is 0. The summed E-state index contributed by atoms with van der Waals surface area (Å²) < 4.78 is 5.16. The smallest absolute Gasteiger partial charge is 0.356 e. The van der Waals surface area contributed by atoms with Gasteiger partial charge in [-0.2, -0.15) is 0 Å². The molecule has 0 fully saturated rings. The third-order valence-electron chi connectivity index (χ3n) is 1.47. The lowest BCUT2D eigenvalue weighted by atomic mass is 10.3. The summed E-state index contributed by atoms with van der Waals surface area (Å²) in [4.78, 5) is 15.0. The summed E-state index contributed by atoms with van der Waals surface area (Å²) in [5.41, 5.74) is 0.840. The first kappa shape index (κ1) is 10.5. The van der Waals surface area contributed by atoms with Crippen molar-refractivity contribution in [2.24, 2.45) is 0 Å². The van der Waals surface area contributed by atoms with Crippen molar-refractivity contribution >= 4 is 33.5 Å². The van der Waals surface area contributed by atoms with Gasteiger partial charge in [0.2, 0.25) is 0 Å². The van der Waals surface area contributed by atoms with Crippen LogP contribution in [0.3, 0.4) is 0 Å². The molecule has 0 saturated heterocycles. The van der Waals surface area contributed by atoms with Crippen LogP contribution in [0.1, 0.15) is 16.2 Å². The maximum absolute atomic E-state index is 11.1. The number of halogens is 2. The second-order valence-corrected chi connectivity index (χ2v) is 3.61. The zero-order valence-corrected chi connectivity index (χ0v) is 9.44. The van der Waals surface area contributed by atoms with E-state index < -0.39 is 5.97 Å². The monoisotopic (exact) mass is 263 g/mol. The summed E-state index contributed by atoms with van der Waals surface area (Å²) >= 11 is 9.05. The quantitative estimate of drug-likeness (QED) is 0.732. The fourth-order valence-electron chi connectivity index (χ4n) is 0.827. The summed E-state index contributed by atoms with van der Waals surface area (Å²) in [6.07, 6.45) is 0. The van der Waals surface area contributed by atoms with E-state index in [1.165, 1.54) is 13.2 Å². The zero-order chi connectivity index (χ0) is 10.0. The van der Waals surface area contributed by atoms with E-state index in [1.54, 1.807) is 6.92 Å². The molecule has 0 spiro atoms.